The molecule has 0 aliphatic heterocycles. The van der Waals surface area contributed by atoms with Crippen LogP contribution in [0.15, 0.2) is 59.1 Å². The Balaban J connectivity index is 1.83. The number of carbonyl (C=O) groups excluding carboxylic acids is 1. The standard InChI is InChI=1S/C17H13ClN2O3/c18-16-14(5-2-8-19-16)17(22)20-12-4-1-3-11(9-12)15-7-6-13(10-21)23-15/h1-9,21H,10H2,(H,20,22). The van der Waals surface area contributed by atoms with Crippen molar-refractivity contribution in [2.24, 2.45) is 0 Å². The Kier molecular flexibility index (Phi) is 4.41. The van der Waals surface area contributed by atoms with Gasteiger partial charge in [0.05, 0.1) is 5.56 Å². The van der Waals surface area contributed by atoms with Crippen LogP contribution in [0.5, 0.6) is 0 Å². The van der Waals surface area contributed by atoms with E-state index in [9.17, 15) is 4.79 Å². The summed E-state index contributed by atoms with van der Waals surface area (Å²) in [5, 5.41) is 12.0. The molecule has 116 valence electrons. The number of aliphatic hydroxyl groups is 1. The molecule has 0 aliphatic carbocycles. The van der Waals surface area contributed by atoms with E-state index in [1.165, 1.54) is 6.20 Å². The highest BCUT2D eigenvalue weighted by Gasteiger charge is 2.12. The molecule has 0 radical (unpaired) electrons. The zero-order valence-electron chi connectivity index (χ0n) is 12.0. The Hall–Kier alpha value is -2.63. The van der Waals surface area contributed by atoms with Crippen LogP contribution in [0.25, 0.3) is 11.3 Å². The summed E-state index contributed by atoms with van der Waals surface area (Å²) in [6, 6.07) is 13.9. The second-order valence-corrected chi connectivity index (χ2v) is 5.16. The molecule has 0 bridgehead atoms. The number of carbonyl (C=O) groups is 1. The summed E-state index contributed by atoms with van der Waals surface area (Å²) >= 11 is 5.92. The molecule has 2 N–H and O–H groups in total. The first kappa shape index (κ1) is 15.3. The molecular formula is C17H13ClN2O3. The maximum Gasteiger partial charge on any atom is 0.258 e. The molecule has 0 spiro atoms. The highest BCUT2D eigenvalue weighted by Crippen LogP contribution is 2.25. The second-order valence-electron chi connectivity index (χ2n) is 4.80. The molecule has 0 aliphatic rings. The van der Waals surface area contributed by atoms with Crippen LogP contribution < -0.4 is 5.32 Å². The molecule has 0 atom stereocenters. The Bertz CT molecular complexity index is 845. The Labute approximate surface area is 137 Å². The average Bonchev–Trinajstić information content (AvgIpc) is 3.04. The van der Waals surface area contributed by atoms with Crippen molar-refractivity contribution in [2.75, 3.05) is 5.32 Å². The van der Waals surface area contributed by atoms with E-state index in [0.29, 0.717) is 22.8 Å². The molecule has 0 unspecified atom stereocenters. The normalized spacial score (nSPS) is 10.5. The lowest BCUT2D eigenvalue weighted by Gasteiger charge is -2.07. The molecule has 2 heterocycles. The van der Waals surface area contributed by atoms with E-state index >= 15 is 0 Å². The van der Waals surface area contributed by atoms with Gasteiger partial charge in [-0.15, -0.1) is 0 Å². The summed E-state index contributed by atoms with van der Waals surface area (Å²) in [6.07, 6.45) is 1.52. The maximum absolute atomic E-state index is 12.2. The number of aromatic nitrogens is 1. The summed E-state index contributed by atoms with van der Waals surface area (Å²) in [5.74, 6) is 0.761. The van der Waals surface area contributed by atoms with Gasteiger partial charge in [-0.2, -0.15) is 0 Å². The van der Waals surface area contributed by atoms with Gasteiger partial charge in [0.2, 0.25) is 0 Å². The van der Waals surface area contributed by atoms with Crippen LogP contribution in [0.3, 0.4) is 0 Å². The van der Waals surface area contributed by atoms with Crippen molar-refractivity contribution in [3.05, 3.63) is 71.2 Å². The van der Waals surface area contributed by atoms with Crippen LogP contribution in [-0.2, 0) is 6.61 Å². The van der Waals surface area contributed by atoms with Crippen LogP contribution in [-0.4, -0.2) is 16.0 Å². The van der Waals surface area contributed by atoms with Gasteiger partial charge in [-0.1, -0.05) is 23.7 Å². The van der Waals surface area contributed by atoms with E-state index in [1.54, 1.807) is 42.5 Å². The van der Waals surface area contributed by atoms with Gasteiger partial charge in [0.1, 0.15) is 23.3 Å². The van der Waals surface area contributed by atoms with E-state index < -0.39 is 0 Å². The third kappa shape index (κ3) is 3.41. The van der Waals surface area contributed by atoms with Crippen LogP contribution in [0.2, 0.25) is 5.15 Å². The number of nitrogens with zero attached hydrogens (tertiary/aromatic N) is 1. The zero-order valence-corrected chi connectivity index (χ0v) is 12.7. The van der Waals surface area contributed by atoms with Gasteiger partial charge in [0.15, 0.2) is 0 Å². The van der Waals surface area contributed by atoms with Gasteiger partial charge in [0.25, 0.3) is 5.91 Å². The van der Waals surface area contributed by atoms with Crippen molar-refractivity contribution in [1.29, 1.82) is 0 Å². The van der Waals surface area contributed by atoms with Crippen molar-refractivity contribution in [3.63, 3.8) is 0 Å². The summed E-state index contributed by atoms with van der Waals surface area (Å²) in [4.78, 5) is 16.1. The number of amides is 1. The molecule has 3 rings (SSSR count). The van der Waals surface area contributed by atoms with Crippen LogP contribution >= 0.6 is 11.6 Å². The van der Waals surface area contributed by atoms with Gasteiger partial charge in [0, 0.05) is 17.4 Å². The lowest BCUT2D eigenvalue weighted by atomic mass is 10.1. The number of benzene rings is 1. The van der Waals surface area contributed by atoms with Crippen molar-refractivity contribution in [1.82, 2.24) is 4.98 Å². The smallest absolute Gasteiger partial charge is 0.258 e. The van der Waals surface area contributed by atoms with Gasteiger partial charge < -0.3 is 14.8 Å². The number of nitrogens with one attached hydrogen (secondary N) is 1. The molecule has 23 heavy (non-hydrogen) atoms. The average molecular weight is 329 g/mol. The number of rotatable bonds is 4. The van der Waals surface area contributed by atoms with E-state index in [4.69, 9.17) is 21.1 Å². The Morgan fingerprint density at radius 3 is 2.83 bits per heavy atom. The highest BCUT2D eigenvalue weighted by atomic mass is 35.5. The molecule has 2 aromatic heterocycles. The number of hydrogen-bond donors (Lipinski definition) is 2. The van der Waals surface area contributed by atoms with Gasteiger partial charge in [-0.3, -0.25) is 4.79 Å². The second kappa shape index (κ2) is 6.64. The minimum absolute atomic E-state index is 0.153. The summed E-state index contributed by atoms with van der Waals surface area (Å²) in [7, 11) is 0. The number of furan rings is 1. The quantitative estimate of drug-likeness (QED) is 0.715. The number of halogens is 1. The Morgan fingerprint density at radius 2 is 2.09 bits per heavy atom. The predicted octanol–water partition coefficient (Wildman–Crippen LogP) is 3.74. The topological polar surface area (TPSA) is 75.4 Å². The SMILES string of the molecule is O=C(Nc1cccc(-c2ccc(CO)o2)c1)c1cccnc1Cl. The van der Waals surface area contributed by atoms with Crippen LogP contribution in [0.1, 0.15) is 16.1 Å². The lowest BCUT2D eigenvalue weighted by Crippen LogP contribution is -2.12. The largest absolute Gasteiger partial charge is 0.459 e. The Morgan fingerprint density at radius 1 is 1.22 bits per heavy atom. The number of pyridine rings is 1. The third-order valence-corrected chi connectivity index (χ3v) is 3.53. The molecule has 6 heteroatoms. The number of anilines is 1. The molecule has 0 fully saturated rings. The lowest BCUT2D eigenvalue weighted by molar-refractivity contribution is 0.102. The van der Waals surface area contributed by atoms with Crippen molar-refractivity contribution < 1.29 is 14.3 Å². The van der Waals surface area contributed by atoms with E-state index in [-0.39, 0.29) is 17.7 Å². The first-order chi connectivity index (χ1) is 11.2. The summed E-state index contributed by atoms with van der Waals surface area (Å²) < 4.78 is 5.49. The predicted molar refractivity (Wildman–Crippen MR) is 87.3 cm³/mol. The van der Waals surface area contributed by atoms with E-state index in [2.05, 4.69) is 10.3 Å². The van der Waals surface area contributed by atoms with E-state index in [0.717, 1.165) is 5.56 Å². The number of hydrogen-bond acceptors (Lipinski definition) is 4. The minimum atomic E-state index is -0.337. The first-order valence-electron chi connectivity index (χ1n) is 6.89. The molecule has 1 aromatic carbocycles. The summed E-state index contributed by atoms with van der Waals surface area (Å²) in [6.45, 7) is -0.157. The fourth-order valence-electron chi connectivity index (χ4n) is 2.12. The fourth-order valence-corrected chi connectivity index (χ4v) is 2.33. The zero-order chi connectivity index (χ0) is 16.2. The third-order valence-electron chi connectivity index (χ3n) is 3.23. The monoisotopic (exact) mass is 328 g/mol. The minimum Gasteiger partial charge on any atom is -0.459 e. The van der Waals surface area contributed by atoms with Gasteiger partial charge in [-0.25, -0.2) is 4.98 Å². The molecule has 1 amide bonds. The first-order valence-corrected chi connectivity index (χ1v) is 7.27. The van der Waals surface area contributed by atoms with Gasteiger partial charge in [-0.05, 0) is 36.4 Å². The highest BCUT2D eigenvalue weighted by molar-refractivity contribution is 6.33. The maximum atomic E-state index is 12.2. The number of aliphatic hydroxyl groups excluding tert-OH is 1. The van der Waals surface area contributed by atoms with Crippen LogP contribution in [0.4, 0.5) is 5.69 Å². The fraction of sp³-hybridized carbons (Fsp3) is 0.0588. The molecule has 0 saturated heterocycles. The van der Waals surface area contributed by atoms with Crippen molar-refractivity contribution >= 4 is 23.2 Å². The van der Waals surface area contributed by atoms with Crippen molar-refractivity contribution in [3.8, 4) is 11.3 Å². The molecule has 3 aromatic rings. The van der Waals surface area contributed by atoms with Crippen molar-refractivity contribution in [2.45, 2.75) is 6.61 Å². The molecule has 5 nitrogen and oxygen atoms in total. The molecular weight excluding hydrogens is 316 g/mol. The van der Waals surface area contributed by atoms with E-state index in [1.807, 2.05) is 6.07 Å². The molecule has 0 saturated carbocycles. The summed E-state index contributed by atoms with van der Waals surface area (Å²) in [5.41, 5.74) is 1.70. The van der Waals surface area contributed by atoms with Crippen LogP contribution in [0, 0.1) is 0 Å². The van der Waals surface area contributed by atoms with Gasteiger partial charge >= 0.3 is 0 Å².